The SMILES string of the molecule is FN1CCCN(c2ccc3cc2OCCOCCOc2cccc(c2)-c2ccnc(n2)N3)CC1. The Morgan fingerprint density at radius 2 is 1.79 bits per heavy atom. The first kappa shape index (κ1) is 22.4. The van der Waals surface area contributed by atoms with Crippen LogP contribution < -0.4 is 19.7 Å². The molecule has 0 saturated carbocycles. The van der Waals surface area contributed by atoms with Crippen molar-refractivity contribution in [1.29, 1.82) is 0 Å². The molecule has 3 heterocycles. The lowest BCUT2D eigenvalue weighted by atomic mass is 10.1. The van der Waals surface area contributed by atoms with Gasteiger partial charge in [0.1, 0.15) is 24.7 Å². The number of benzene rings is 2. The number of hydrogen-bond acceptors (Lipinski definition) is 8. The molecule has 1 saturated heterocycles. The first-order chi connectivity index (χ1) is 16.7. The van der Waals surface area contributed by atoms with Crippen molar-refractivity contribution in [1.82, 2.24) is 15.1 Å². The largest absolute Gasteiger partial charge is 0.491 e. The van der Waals surface area contributed by atoms with Gasteiger partial charge in [-0.15, -0.1) is 9.60 Å². The van der Waals surface area contributed by atoms with E-state index in [1.54, 1.807) is 6.20 Å². The van der Waals surface area contributed by atoms with Gasteiger partial charge >= 0.3 is 0 Å². The maximum absolute atomic E-state index is 13.8. The van der Waals surface area contributed by atoms with Crippen LogP contribution in [0.1, 0.15) is 6.42 Å². The van der Waals surface area contributed by atoms with Gasteiger partial charge in [0.15, 0.2) is 0 Å². The smallest absolute Gasteiger partial charge is 0.227 e. The highest BCUT2D eigenvalue weighted by Crippen LogP contribution is 2.33. The van der Waals surface area contributed by atoms with Gasteiger partial charge in [0.05, 0.1) is 24.6 Å². The van der Waals surface area contributed by atoms with Crippen molar-refractivity contribution in [3.63, 3.8) is 0 Å². The molecule has 9 heteroatoms. The van der Waals surface area contributed by atoms with Crippen molar-refractivity contribution in [2.75, 3.05) is 62.8 Å². The molecular formula is C25H28FN5O3. The van der Waals surface area contributed by atoms with Crippen molar-refractivity contribution >= 4 is 17.3 Å². The number of aromatic nitrogens is 2. The Balaban J connectivity index is 1.45. The number of fused-ring (bicyclic) bond motifs is 7. The highest BCUT2D eigenvalue weighted by molar-refractivity contribution is 5.68. The van der Waals surface area contributed by atoms with Crippen LogP contribution >= 0.6 is 0 Å². The molecule has 3 aromatic rings. The standard InChI is InChI=1S/C25H28FN5O3/c26-31-10-2-9-30(11-12-31)23-6-5-20-18-24(23)34-16-14-32-13-15-33-21-4-1-3-19(17-21)22-7-8-27-25(28-20)29-22/h1,3-8,17-18H,2,9-16H2,(H,27,28,29). The molecule has 34 heavy (non-hydrogen) atoms. The molecule has 8 nitrogen and oxygen atoms in total. The third-order valence-electron chi connectivity index (χ3n) is 5.76. The van der Waals surface area contributed by atoms with Gasteiger partial charge in [-0.2, -0.15) is 0 Å². The third-order valence-corrected chi connectivity index (χ3v) is 5.76. The summed E-state index contributed by atoms with van der Waals surface area (Å²) in [6.45, 7) is 3.89. The van der Waals surface area contributed by atoms with Crippen molar-refractivity contribution in [2.24, 2.45) is 0 Å². The second kappa shape index (κ2) is 10.7. The van der Waals surface area contributed by atoms with Gasteiger partial charge in [0.2, 0.25) is 5.95 Å². The summed E-state index contributed by atoms with van der Waals surface area (Å²) in [5, 5.41) is 4.16. The summed E-state index contributed by atoms with van der Waals surface area (Å²) in [4.78, 5) is 11.2. The van der Waals surface area contributed by atoms with Gasteiger partial charge in [-0.25, -0.2) is 9.97 Å². The molecule has 0 spiro atoms. The summed E-state index contributed by atoms with van der Waals surface area (Å²) < 4.78 is 31.4. The van der Waals surface area contributed by atoms with E-state index in [4.69, 9.17) is 14.2 Å². The van der Waals surface area contributed by atoms with Crippen LogP contribution in [0.3, 0.4) is 0 Å². The topological polar surface area (TPSA) is 72.0 Å². The quantitative estimate of drug-likeness (QED) is 0.540. The number of rotatable bonds is 1. The predicted octanol–water partition coefficient (Wildman–Crippen LogP) is 4.07. The Hall–Kier alpha value is -3.43. The number of nitrogens with zero attached hydrogens (tertiary/aromatic N) is 4. The van der Waals surface area contributed by atoms with E-state index in [9.17, 15) is 4.48 Å². The molecule has 6 bridgehead atoms. The van der Waals surface area contributed by atoms with E-state index in [2.05, 4.69) is 20.2 Å². The lowest BCUT2D eigenvalue weighted by Crippen LogP contribution is -2.28. The monoisotopic (exact) mass is 465 g/mol. The Bertz CT molecular complexity index is 1120. The van der Waals surface area contributed by atoms with Crippen molar-refractivity contribution in [3.05, 3.63) is 54.7 Å². The third kappa shape index (κ3) is 5.55. The fraction of sp³-hybridized carbons (Fsp3) is 0.360. The number of nitrogens with one attached hydrogen (secondary N) is 1. The van der Waals surface area contributed by atoms with Gasteiger partial charge < -0.3 is 24.4 Å². The number of hydrogen-bond donors (Lipinski definition) is 1. The van der Waals surface area contributed by atoms with Crippen LogP contribution in [0.2, 0.25) is 0 Å². The van der Waals surface area contributed by atoms with Gasteiger partial charge in [0, 0.05) is 49.7 Å². The first-order valence-corrected chi connectivity index (χ1v) is 11.6. The first-order valence-electron chi connectivity index (χ1n) is 11.6. The van der Waals surface area contributed by atoms with Crippen LogP contribution in [0.25, 0.3) is 11.3 Å². The lowest BCUT2D eigenvalue weighted by Gasteiger charge is -2.25. The Kier molecular flexibility index (Phi) is 7.02. The van der Waals surface area contributed by atoms with Gasteiger partial charge in [-0.05, 0) is 36.8 Å². The van der Waals surface area contributed by atoms with Crippen LogP contribution in [0.15, 0.2) is 54.7 Å². The summed E-state index contributed by atoms with van der Waals surface area (Å²) in [5.41, 5.74) is 3.47. The van der Waals surface area contributed by atoms with Crippen LogP contribution in [0.4, 0.5) is 21.8 Å². The molecule has 0 unspecified atom stereocenters. The van der Waals surface area contributed by atoms with E-state index in [1.807, 2.05) is 48.5 Å². The Labute approximate surface area is 198 Å². The zero-order valence-corrected chi connectivity index (χ0v) is 19.0. The summed E-state index contributed by atoms with van der Waals surface area (Å²) in [6.07, 6.45) is 2.48. The highest BCUT2D eigenvalue weighted by atomic mass is 19.2. The van der Waals surface area contributed by atoms with E-state index in [1.165, 1.54) is 0 Å². The van der Waals surface area contributed by atoms with E-state index in [0.29, 0.717) is 57.8 Å². The van der Waals surface area contributed by atoms with E-state index >= 15 is 0 Å². The van der Waals surface area contributed by atoms with Gasteiger partial charge in [0.25, 0.3) is 0 Å². The summed E-state index contributed by atoms with van der Waals surface area (Å²) >= 11 is 0. The minimum atomic E-state index is 0.365. The molecule has 0 aliphatic carbocycles. The van der Waals surface area contributed by atoms with Gasteiger partial charge in [-0.3, -0.25) is 0 Å². The average Bonchev–Trinajstić information content (AvgIpc) is 3.08. The molecule has 1 aromatic heterocycles. The molecule has 0 atom stereocenters. The molecule has 2 aliphatic heterocycles. The minimum Gasteiger partial charge on any atom is -0.491 e. The summed E-state index contributed by atoms with van der Waals surface area (Å²) in [5.74, 6) is 1.96. The predicted molar refractivity (Wildman–Crippen MR) is 129 cm³/mol. The minimum absolute atomic E-state index is 0.365. The molecule has 0 amide bonds. The van der Waals surface area contributed by atoms with E-state index < -0.39 is 0 Å². The lowest BCUT2D eigenvalue weighted by molar-refractivity contribution is 0.0344. The fourth-order valence-corrected chi connectivity index (χ4v) is 4.08. The van der Waals surface area contributed by atoms with Crippen molar-refractivity contribution in [3.8, 4) is 22.8 Å². The molecule has 5 rings (SSSR count). The Morgan fingerprint density at radius 1 is 0.882 bits per heavy atom. The Morgan fingerprint density at radius 3 is 2.74 bits per heavy atom. The van der Waals surface area contributed by atoms with Crippen molar-refractivity contribution in [2.45, 2.75) is 6.42 Å². The van der Waals surface area contributed by atoms with Crippen molar-refractivity contribution < 1.29 is 18.7 Å². The maximum Gasteiger partial charge on any atom is 0.227 e. The zero-order chi connectivity index (χ0) is 23.2. The maximum atomic E-state index is 13.8. The van der Waals surface area contributed by atoms with E-state index in [-0.39, 0.29) is 0 Å². The molecule has 0 radical (unpaired) electrons. The van der Waals surface area contributed by atoms with E-state index in [0.717, 1.165) is 46.5 Å². The summed E-state index contributed by atoms with van der Waals surface area (Å²) in [7, 11) is 0. The number of ether oxygens (including phenoxy) is 3. The molecule has 2 aromatic carbocycles. The van der Waals surface area contributed by atoms with Crippen LogP contribution in [0.5, 0.6) is 11.5 Å². The highest BCUT2D eigenvalue weighted by Gasteiger charge is 2.19. The van der Waals surface area contributed by atoms with Crippen LogP contribution in [0, 0.1) is 0 Å². The fourth-order valence-electron chi connectivity index (χ4n) is 4.08. The van der Waals surface area contributed by atoms with Gasteiger partial charge in [-0.1, -0.05) is 12.1 Å². The number of anilines is 3. The van der Waals surface area contributed by atoms with Crippen LogP contribution in [-0.4, -0.2) is 67.7 Å². The summed E-state index contributed by atoms with van der Waals surface area (Å²) in [6, 6.07) is 15.6. The molecular weight excluding hydrogens is 437 g/mol. The second-order valence-corrected chi connectivity index (χ2v) is 8.16. The normalized spacial score (nSPS) is 17.5. The molecule has 1 fully saturated rings. The molecule has 178 valence electrons. The zero-order valence-electron chi connectivity index (χ0n) is 19.0. The molecule has 2 aliphatic rings. The second-order valence-electron chi connectivity index (χ2n) is 8.16. The molecule has 1 N–H and O–H groups in total. The van der Waals surface area contributed by atoms with Crippen LogP contribution in [-0.2, 0) is 4.74 Å². The number of halogens is 1. The average molecular weight is 466 g/mol.